The van der Waals surface area contributed by atoms with Crippen LogP contribution < -0.4 is 5.48 Å². The van der Waals surface area contributed by atoms with Crippen molar-refractivity contribution in [2.75, 3.05) is 0 Å². The third kappa shape index (κ3) is 1.22. The molecule has 1 heterocycles. The quantitative estimate of drug-likeness (QED) is 0.437. The van der Waals surface area contributed by atoms with Gasteiger partial charge in [-0.3, -0.25) is 10.0 Å². The van der Waals surface area contributed by atoms with Crippen molar-refractivity contribution in [3.63, 3.8) is 0 Å². The summed E-state index contributed by atoms with van der Waals surface area (Å²) in [6, 6.07) is 0. The third-order valence-electron chi connectivity index (χ3n) is 1.44. The van der Waals surface area contributed by atoms with Gasteiger partial charge < -0.3 is 4.57 Å². The molecule has 0 aliphatic heterocycles. The van der Waals surface area contributed by atoms with Crippen molar-refractivity contribution in [2.24, 2.45) is 7.05 Å². The maximum absolute atomic E-state index is 10.9. The predicted octanol–water partition coefficient (Wildman–Crippen LogP) is -0.152. The third-order valence-corrected chi connectivity index (χ3v) is 1.44. The normalized spacial score (nSPS) is 9.73. The summed E-state index contributed by atoms with van der Waals surface area (Å²) in [6.45, 7) is 1.70. The first-order valence-electron chi connectivity index (χ1n) is 3.09. The number of hydrogen-bond donors (Lipinski definition) is 2. The fourth-order valence-corrected chi connectivity index (χ4v) is 0.925. The number of aromatic nitrogens is 2. The van der Waals surface area contributed by atoms with Gasteiger partial charge in [0.25, 0.3) is 5.91 Å². The minimum absolute atomic E-state index is 0.368. The number of nitrogens with zero attached hydrogens (tertiary/aromatic N) is 2. The van der Waals surface area contributed by atoms with Crippen molar-refractivity contribution in [2.45, 2.75) is 6.92 Å². The van der Waals surface area contributed by atoms with Crippen LogP contribution in [0, 0.1) is 6.92 Å². The van der Waals surface area contributed by atoms with Gasteiger partial charge in [0.15, 0.2) is 0 Å². The smallest absolute Gasteiger partial charge is 0.293 e. The highest BCUT2D eigenvalue weighted by Gasteiger charge is 2.12. The van der Waals surface area contributed by atoms with Gasteiger partial charge in [0.2, 0.25) is 0 Å². The number of hydrogen-bond acceptors (Lipinski definition) is 3. The molecule has 0 spiro atoms. The van der Waals surface area contributed by atoms with Crippen LogP contribution in [0.2, 0.25) is 0 Å². The van der Waals surface area contributed by atoms with Crippen molar-refractivity contribution >= 4 is 5.91 Å². The molecule has 11 heavy (non-hydrogen) atoms. The van der Waals surface area contributed by atoms with Crippen molar-refractivity contribution in [1.29, 1.82) is 0 Å². The highest BCUT2D eigenvalue weighted by Crippen LogP contribution is 2.02. The molecule has 1 rings (SSSR count). The van der Waals surface area contributed by atoms with Gasteiger partial charge in [-0.25, -0.2) is 10.5 Å². The molecule has 0 atom stereocenters. The maximum atomic E-state index is 10.9. The highest BCUT2D eigenvalue weighted by atomic mass is 16.5. The number of imidazole rings is 1. The number of aryl methyl sites for hydroxylation is 2. The molecule has 0 fully saturated rings. The van der Waals surface area contributed by atoms with Crippen LogP contribution in [0.5, 0.6) is 0 Å². The molecule has 0 unspecified atom stereocenters. The van der Waals surface area contributed by atoms with Crippen LogP contribution in [0.15, 0.2) is 6.33 Å². The topological polar surface area (TPSA) is 67.2 Å². The van der Waals surface area contributed by atoms with Gasteiger partial charge in [-0.2, -0.15) is 0 Å². The van der Waals surface area contributed by atoms with Gasteiger partial charge >= 0.3 is 0 Å². The highest BCUT2D eigenvalue weighted by molar-refractivity contribution is 5.92. The maximum Gasteiger partial charge on any atom is 0.293 e. The molecule has 0 aliphatic carbocycles. The van der Waals surface area contributed by atoms with E-state index in [1.807, 2.05) is 0 Å². The van der Waals surface area contributed by atoms with Crippen molar-refractivity contribution < 1.29 is 10.0 Å². The summed E-state index contributed by atoms with van der Waals surface area (Å²) in [5.74, 6) is -0.539. The largest absolute Gasteiger partial charge is 0.329 e. The number of hydroxylamine groups is 1. The lowest BCUT2D eigenvalue weighted by Gasteiger charge is -1.99. The minimum Gasteiger partial charge on any atom is -0.329 e. The van der Waals surface area contributed by atoms with E-state index in [1.165, 1.54) is 6.33 Å². The first-order chi connectivity index (χ1) is 5.16. The van der Waals surface area contributed by atoms with Crippen molar-refractivity contribution in [3.05, 3.63) is 17.7 Å². The molecular weight excluding hydrogens is 146 g/mol. The van der Waals surface area contributed by atoms with E-state index in [4.69, 9.17) is 5.21 Å². The Labute approximate surface area is 63.6 Å². The molecule has 0 bridgehead atoms. The second-order valence-corrected chi connectivity index (χ2v) is 2.23. The monoisotopic (exact) mass is 155 g/mol. The van der Waals surface area contributed by atoms with E-state index in [0.29, 0.717) is 11.4 Å². The molecule has 0 aromatic carbocycles. The molecule has 60 valence electrons. The SMILES string of the molecule is Cc1ncn(C)c1C(=O)NO. The summed E-state index contributed by atoms with van der Waals surface area (Å²) in [7, 11) is 1.69. The van der Waals surface area contributed by atoms with E-state index in [1.54, 1.807) is 24.0 Å². The number of amides is 1. The zero-order valence-electron chi connectivity index (χ0n) is 6.33. The Morgan fingerprint density at radius 3 is 2.82 bits per heavy atom. The van der Waals surface area contributed by atoms with Crippen LogP contribution in [-0.2, 0) is 7.05 Å². The second kappa shape index (κ2) is 2.71. The Morgan fingerprint density at radius 2 is 2.45 bits per heavy atom. The molecule has 1 aromatic rings. The number of rotatable bonds is 1. The van der Waals surface area contributed by atoms with Gasteiger partial charge in [0.05, 0.1) is 12.0 Å². The summed E-state index contributed by atoms with van der Waals surface area (Å²) >= 11 is 0. The molecule has 0 saturated heterocycles. The average Bonchev–Trinajstić information content (AvgIpc) is 2.30. The minimum atomic E-state index is -0.539. The fourth-order valence-electron chi connectivity index (χ4n) is 0.925. The second-order valence-electron chi connectivity index (χ2n) is 2.23. The average molecular weight is 155 g/mol. The van der Waals surface area contributed by atoms with Crippen LogP contribution >= 0.6 is 0 Å². The molecule has 5 nitrogen and oxygen atoms in total. The molecule has 1 amide bonds. The van der Waals surface area contributed by atoms with E-state index >= 15 is 0 Å². The molecule has 2 N–H and O–H groups in total. The zero-order valence-corrected chi connectivity index (χ0v) is 6.33. The van der Waals surface area contributed by atoms with Crippen LogP contribution in [0.25, 0.3) is 0 Å². The van der Waals surface area contributed by atoms with Crippen molar-refractivity contribution in [3.8, 4) is 0 Å². The van der Waals surface area contributed by atoms with Crippen LogP contribution in [0.4, 0.5) is 0 Å². The summed E-state index contributed by atoms with van der Waals surface area (Å²) in [6.07, 6.45) is 1.51. The van der Waals surface area contributed by atoms with Crippen LogP contribution in [0.3, 0.4) is 0 Å². The summed E-state index contributed by atoms with van der Waals surface area (Å²) < 4.78 is 1.54. The predicted molar refractivity (Wildman–Crippen MR) is 37.2 cm³/mol. The molecular formula is C6H9N3O2. The Kier molecular flexibility index (Phi) is 1.91. The number of nitrogens with one attached hydrogen (secondary N) is 1. The van der Waals surface area contributed by atoms with Gasteiger partial charge in [0.1, 0.15) is 5.69 Å². The van der Waals surface area contributed by atoms with Gasteiger partial charge in [0, 0.05) is 7.05 Å². The van der Waals surface area contributed by atoms with Gasteiger partial charge in [-0.1, -0.05) is 0 Å². The number of carbonyl (C=O) groups is 1. The van der Waals surface area contributed by atoms with Crippen LogP contribution in [0.1, 0.15) is 16.2 Å². The van der Waals surface area contributed by atoms with E-state index in [2.05, 4.69) is 4.98 Å². The molecule has 0 radical (unpaired) electrons. The van der Waals surface area contributed by atoms with Crippen LogP contribution in [-0.4, -0.2) is 20.7 Å². The molecule has 0 saturated carbocycles. The van der Waals surface area contributed by atoms with Gasteiger partial charge in [-0.05, 0) is 6.92 Å². The lowest BCUT2D eigenvalue weighted by atomic mass is 10.3. The Balaban J connectivity index is 3.10. The zero-order chi connectivity index (χ0) is 8.43. The first-order valence-corrected chi connectivity index (χ1v) is 3.09. The molecule has 5 heteroatoms. The van der Waals surface area contributed by atoms with E-state index in [-0.39, 0.29) is 0 Å². The summed E-state index contributed by atoms with van der Waals surface area (Å²) in [4.78, 5) is 14.8. The Hall–Kier alpha value is -1.36. The first kappa shape index (κ1) is 7.74. The fraction of sp³-hybridized carbons (Fsp3) is 0.333. The lowest BCUT2D eigenvalue weighted by molar-refractivity contribution is 0.0696. The summed E-state index contributed by atoms with van der Waals surface area (Å²) in [5, 5.41) is 8.31. The Bertz CT molecular complexity index is 260. The molecule has 0 aliphatic rings. The van der Waals surface area contributed by atoms with Crippen molar-refractivity contribution in [1.82, 2.24) is 15.0 Å². The summed E-state index contributed by atoms with van der Waals surface area (Å²) in [5.41, 5.74) is 2.51. The van der Waals surface area contributed by atoms with E-state index in [0.717, 1.165) is 0 Å². The Morgan fingerprint density at radius 1 is 1.82 bits per heavy atom. The van der Waals surface area contributed by atoms with E-state index < -0.39 is 5.91 Å². The molecule has 1 aromatic heterocycles. The lowest BCUT2D eigenvalue weighted by Crippen LogP contribution is -2.22. The van der Waals surface area contributed by atoms with Gasteiger partial charge in [-0.15, -0.1) is 0 Å². The number of carbonyl (C=O) groups excluding carboxylic acids is 1. The standard InChI is InChI=1S/C6H9N3O2/c1-4-5(6(10)8-11)9(2)3-7-4/h3,11H,1-2H3,(H,8,10). The van der Waals surface area contributed by atoms with E-state index in [9.17, 15) is 4.79 Å².